The molecule has 1 heterocycles. The van der Waals surface area contributed by atoms with Crippen LogP contribution >= 0.6 is 0 Å². The molecule has 148 valence electrons. The van der Waals surface area contributed by atoms with Crippen LogP contribution in [0.3, 0.4) is 0 Å². The second-order valence-electron chi connectivity index (χ2n) is 7.14. The number of hydrogen-bond donors (Lipinski definition) is 1. The van der Waals surface area contributed by atoms with Gasteiger partial charge in [0.1, 0.15) is 17.9 Å². The zero-order chi connectivity index (χ0) is 20.2. The molecule has 1 aliphatic rings. The molecule has 1 aromatic carbocycles. The molecule has 2 rings (SSSR count). The maximum atomic E-state index is 13.1. The SMILES string of the molecule is CCCC1(CCC)NC(=O)N(CC(=O)N(C)C(C)c2ccc(F)cc2)C1=O. The number of halogens is 1. The molecule has 1 saturated heterocycles. The summed E-state index contributed by atoms with van der Waals surface area (Å²) in [5, 5.41) is 2.81. The molecule has 0 aliphatic carbocycles. The Kier molecular flexibility index (Phi) is 6.57. The molecule has 0 bridgehead atoms. The van der Waals surface area contributed by atoms with E-state index in [9.17, 15) is 18.8 Å². The van der Waals surface area contributed by atoms with Crippen molar-refractivity contribution in [3.63, 3.8) is 0 Å². The van der Waals surface area contributed by atoms with Gasteiger partial charge in [0.15, 0.2) is 0 Å². The Hall–Kier alpha value is -2.44. The van der Waals surface area contributed by atoms with Crippen molar-refractivity contribution in [2.75, 3.05) is 13.6 Å². The molecule has 7 heteroatoms. The summed E-state index contributed by atoms with van der Waals surface area (Å²) in [6.07, 6.45) is 2.63. The molecule has 0 saturated carbocycles. The van der Waals surface area contributed by atoms with Crippen LogP contribution in [0.4, 0.5) is 9.18 Å². The minimum absolute atomic E-state index is 0.304. The maximum Gasteiger partial charge on any atom is 0.325 e. The Labute approximate surface area is 159 Å². The van der Waals surface area contributed by atoms with E-state index >= 15 is 0 Å². The average Bonchev–Trinajstić information content (AvgIpc) is 2.86. The molecular weight excluding hydrogens is 349 g/mol. The lowest BCUT2D eigenvalue weighted by Crippen LogP contribution is -2.47. The van der Waals surface area contributed by atoms with Gasteiger partial charge in [0.2, 0.25) is 5.91 Å². The number of urea groups is 1. The molecule has 1 unspecified atom stereocenters. The number of carbonyl (C=O) groups excluding carboxylic acids is 3. The highest BCUT2D eigenvalue weighted by atomic mass is 19.1. The Morgan fingerprint density at radius 2 is 1.74 bits per heavy atom. The fraction of sp³-hybridized carbons (Fsp3) is 0.550. The summed E-state index contributed by atoms with van der Waals surface area (Å²) in [5.41, 5.74) is -0.127. The van der Waals surface area contributed by atoms with Crippen molar-refractivity contribution in [2.45, 2.75) is 58.0 Å². The van der Waals surface area contributed by atoms with E-state index in [0.29, 0.717) is 12.8 Å². The van der Waals surface area contributed by atoms with E-state index in [1.165, 1.54) is 17.0 Å². The highest BCUT2D eigenvalue weighted by Crippen LogP contribution is 2.28. The van der Waals surface area contributed by atoms with Gasteiger partial charge in [0, 0.05) is 7.05 Å². The van der Waals surface area contributed by atoms with Crippen LogP contribution in [0, 0.1) is 5.82 Å². The zero-order valence-corrected chi connectivity index (χ0v) is 16.4. The van der Waals surface area contributed by atoms with Crippen LogP contribution in [0.2, 0.25) is 0 Å². The summed E-state index contributed by atoms with van der Waals surface area (Å²) in [7, 11) is 1.61. The quantitative estimate of drug-likeness (QED) is 0.707. The Morgan fingerprint density at radius 3 is 2.26 bits per heavy atom. The van der Waals surface area contributed by atoms with Gasteiger partial charge in [-0.1, -0.05) is 38.8 Å². The molecule has 1 N–H and O–H groups in total. The van der Waals surface area contributed by atoms with Gasteiger partial charge in [0.25, 0.3) is 5.91 Å². The van der Waals surface area contributed by atoms with Crippen molar-refractivity contribution in [2.24, 2.45) is 0 Å². The van der Waals surface area contributed by atoms with E-state index in [-0.39, 0.29) is 30.2 Å². The predicted molar refractivity (Wildman–Crippen MR) is 100 cm³/mol. The number of benzene rings is 1. The molecular formula is C20H28FN3O3. The van der Waals surface area contributed by atoms with Crippen LogP contribution in [0.5, 0.6) is 0 Å². The van der Waals surface area contributed by atoms with Gasteiger partial charge in [-0.05, 0) is 37.5 Å². The summed E-state index contributed by atoms with van der Waals surface area (Å²) in [6.45, 7) is 5.43. The normalized spacial score (nSPS) is 17.0. The molecule has 1 atom stereocenters. The Morgan fingerprint density at radius 1 is 1.19 bits per heavy atom. The van der Waals surface area contributed by atoms with Crippen molar-refractivity contribution in [1.29, 1.82) is 0 Å². The number of carbonyl (C=O) groups is 3. The van der Waals surface area contributed by atoms with Crippen LogP contribution < -0.4 is 5.32 Å². The largest absolute Gasteiger partial charge is 0.337 e. The van der Waals surface area contributed by atoms with Crippen molar-refractivity contribution in [1.82, 2.24) is 15.1 Å². The molecule has 1 aromatic rings. The molecule has 0 radical (unpaired) electrons. The van der Waals surface area contributed by atoms with Gasteiger partial charge in [0.05, 0.1) is 6.04 Å². The zero-order valence-electron chi connectivity index (χ0n) is 16.4. The number of hydrogen-bond acceptors (Lipinski definition) is 3. The first kappa shape index (κ1) is 20.9. The first-order valence-electron chi connectivity index (χ1n) is 9.41. The van der Waals surface area contributed by atoms with E-state index < -0.39 is 11.6 Å². The van der Waals surface area contributed by atoms with Crippen molar-refractivity contribution in [3.8, 4) is 0 Å². The summed E-state index contributed by atoms with van der Waals surface area (Å²) in [4.78, 5) is 40.4. The van der Waals surface area contributed by atoms with Gasteiger partial charge in [-0.15, -0.1) is 0 Å². The first-order valence-corrected chi connectivity index (χ1v) is 9.41. The van der Waals surface area contributed by atoms with Crippen LogP contribution in [0.1, 0.15) is 58.1 Å². The number of likely N-dealkylation sites (N-methyl/N-ethyl adjacent to an activating group) is 1. The predicted octanol–water partition coefficient (Wildman–Crippen LogP) is 3.24. The Bertz CT molecular complexity index is 699. The van der Waals surface area contributed by atoms with E-state index in [0.717, 1.165) is 23.3 Å². The molecule has 4 amide bonds. The monoisotopic (exact) mass is 377 g/mol. The fourth-order valence-electron chi connectivity index (χ4n) is 3.56. The van der Waals surface area contributed by atoms with Crippen LogP contribution in [-0.2, 0) is 9.59 Å². The third kappa shape index (κ3) is 4.28. The van der Waals surface area contributed by atoms with Crippen molar-refractivity contribution in [3.05, 3.63) is 35.6 Å². The summed E-state index contributed by atoms with van der Waals surface area (Å²) in [5.74, 6) is -1.02. The average molecular weight is 377 g/mol. The van der Waals surface area contributed by atoms with E-state index in [2.05, 4.69) is 5.32 Å². The van der Waals surface area contributed by atoms with E-state index in [4.69, 9.17) is 0 Å². The lowest BCUT2D eigenvalue weighted by molar-refractivity contribution is -0.139. The lowest BCUT2D eigenvalue weighted by Gasteiger charge is -2.28. The highest BCUT2D eigenvalue weighted by molar-refractivity contribution is 6.09. The number of amides is 4. The third-order valence-electron chi connectivity index (χ3n) is 5.22. The number of imide groups is 1. The minimum Gasteiger partial charge on any atom is -0.337 e. The van der Waals surface area contributed by atoms with Gasteiger partial charge < -0.3 is 10.2 Å². The van der Waals surface area contributed by atoms with Gasteiger partial charge in [-0.25, -0.2) is 9.18 Å². The lowest BCUT2D eigenvalue weighted by atomic mass is 9.88. The third-order valence-corrected chi connectivity index (χ3v) is 5.22. The smallest absolute Gasteiger partial charge is 0.325 e. The topological polar surface area (TPSA) is 69.7 Å². The summed E-state index contributed by atoms with van der Waals surface area (Å²) >= 11 is 0. The van der Waals surface area contributed by atoms with Gasteiger partial charge >= 0.3 is 6.03 Å². The highest BCUT2D eigenvalue weighted by Gasteiger charge is 2.50. The van der Waals surface area contributed by atoms with E-state index in [1.54, 1.807) is 19.2 Å². The molecule has 27 heavy (non-hydrogen) atoms. The van der Waals surface area contributed by atoms with Crippen molar-refractivity contribution >= 4 is 17.8 Å². The standard InChI is InChI=1S/C20H28FN3O3/c1-5-11-20(12-6-2)18(26)24(19(27)22-20)13-17(25)23(4)14(3)15-7-9-16(21)10-8-15/h7-10,14H,5-6,11-13H2,1-4H3,(H,22,27). The molecule has 0 spiro atoms. The molecule has 1 aliphatic heterocycles. The number of rotatable bonds is 8. The number of nitrogens with one attached hydrogen (secondary N) is 1. The molecule has 0 aromatic heterocycles. The molecule has 1 fully saturated rings. The van der Waals surface area contributed by atoms with Crippen molar-refractivity contribution < 1.29 is 18.8 Å². The second-order valence-corrected chi connectivity index (χ2v) is 7.14. The van der Waals surface area contributed by atoms with E-state index in [1.807, 2.05) is 20.8 Å². The first-order chi connectivity index (χ1) is 12.8. The number of nitrogens with zero attached hydrogens (tertiary/aromatic N) is 2. The maximum absolute atomic E-state index is 13.1. The molecule has 6 nitrogen and oxygen atoms in total. The second kappa shape index (κ2) is 8.50. The van der Waals surface area contributed by atoms with Gasteiger partial charge in [-0.2, -0.15) is 0 Å². The summed E-state index contributed by atoms with van der Waals surface area (Å²) in [6, 6.07) is 5.08. The van der Waals surface area contributed by atoms with Crippen LogP contribution in [0.25, 0.3) is 0 Å². The minimum atomic E-state index is -0.901. The summed E-state index contributed by atoms with van der Waals surface area (Å²) < 4.78 is 13.1. The van der Waals surface area contributed by atoms with Crippen LogP contribution in [-0.4, -0.2) is 46.8 Å². The Balaban J connectivity index is 2.10. The van der Waals surface area contributed by atoms with Gasteiger partial charge in [-0.3, -0.25) is 14.5 Å². The fourth-order valence-corrected chi connectivity index (χ4v) is 3.56. The van der Waals surface area contributed by atoms with Crippen LogP contribution in [0.15, 0.2) is 24.3 Å².